The molecule has 0 aromatic heterocycles. The number of amidine groups is 3. The van der Waals surface area contributed by atoms with Crippen molar-refractivity contribution in [1.29, 1.82) is 0 Å². The second-order valence-corrected chi connectivity index (χ2v) is 22.2. The number of aliphatic imine (C=N–C) groups is 3. The van der Waals surface area contributed by atoms with Crippen molar-refractivity contribution in [2.75, 3.05) is 75.0 Å². The zero-order chi connectivity index (χ0) is 54.4. The fourth-order valence-electron chi connectivity index (χ4n) is 8.95. The maximum absolute atomic E-state index is 12.7. The molecular weight excluding hydrogens is 1020 g/mol. The van der Waals surface area contributed by atoms with Gasteiger partial charge in [-0.25, -0.2) is 4.79 Å². The number of nitrogens with one attached hydrogen (secondary N) is 2. The Bertz CT molecular complexity index is 1910. The van der Waals surface area contributed by atoms with Crippen molar-refractivity contribution in [3.05, 3.63) is 0 Å². The van der Waals surface area contributed by atoms with Gasteiger partial charge in [-0.05, 0) is 69.2 Å². The molecule has 0 bridgehead atoms. The summed E-state index contributed by atoms with van der Waals surface area (Å²) in [6.07, 6.45) is -6.47. The number of carbonyl (C=O) groups excluding carboxylic acids is 1. The van der Waals surface area contributed by atoms with E-state index in [-0.39, 0.29) is 48.9 Å². The number of carbonyl (C=O) groups is 1. The van der Waals surface area contributed by atoms with Gasteiger partial charge in [0.2, 0.25) is 23.1 Å². The summed E-state index contributed by atoms with van der Waals surface area (Å²) >= 11 is 4.19. The van der Waals surface area contributed by atoms with Gasteiger partial charge in [-0.15, -0.1) is 0 Å². The maximum atomic E-state index is 12.7. The first-order valence-electron chi connectivity index (χ1n) is 24.2. The summed E-state index contributed by atoms with van der Waals surface area (Å²) in [7, 11) is 7.11. The number of thioether (sulfide) groups is 3. The third kappa shape index (κ3) is 12.9. The molecule has 1 amide bonds. The van der Waals surface area contributed by atoms with Crippen molar-refractivity contribution in [1.82, 2.24) is 15.5 Å². The molecule has 4 unspecified atom stereocenters. The smallest absolute Gasteiger partial charge is 0.416 e. The van der Waals surface area contributed by atoms with E-state index in [0.29, 0.717) is 30.0 Å². The molecule has 0 aromatic carbocycles. The lowest BCUT2D eigenvalue weighted by atomic mass is 9.93. The topological polar surface area (TPSA) is 314 Å². The van der Waals surface area contributed by atoms with Crippen LogP contribution in [0.15, 0.2) is 15.0 Å². The van der Waals surface area contributed by atoms with Crippen LogP contribution in [0.3, 0.4) is 0 Å². The highest BCUT2D eigenvalue weighted by Gasteiger charge is 2.65. The number of hydrogen-bond donors (Lipinski definition) is 8. The Labute approximate surface area is 440 Å². The fraction of sp³-hybridized carbons (Fsp3) is 0.911. The maximum Gasteiger partial charge on any atom is 0.416 e. The van der Waals surface area contributed by atoms with Crippen LogP contribution in [-0.2, 0) is 56.8 Å². The lowest BCUT2D eigenvalue weighted by Crippen LogP contribution is -2.73. The van der Waals surface area contributed by atoms with Crippen LogP contribution in [0.1, 0.15) is 69.2 Å². The molecular formula is C45H80N6O19S3. The predicted molar refractivity (Wildman–Crippen MR) is 271 cm³/mol. The van der Waals surface area contributed by atoms with Gasteiger partial charge in [0.05, 0.1) is 31.9 Å². The number of aliphatic hydroxyl groups excluding tert-OH is 6. The van der Waals surface area contributed by atoms with E-state index in [1.165, 1.54) is 61.5 Å². The number of rotatable bonds is 10. The Kier molecular flexibility index (Phi) is 22.0. The summed E-state index contributed by atoms with van der Waals surface area (Å²) in [6, 6.07) is -0.989. The molecule has 19 atom stereocenters. The number of aliphatic hydroxyl groups is 6. The second-order valence-electron chi connectivity index (χ2n) is 19.0. The molecule has 0 radical (unpaired) electrons. The van der Waals surface area contributed by atoms with Gasteiger partial charge in [-0.1, -0.05) is 35.3 Å². The normalized spacial score (nSPS) is 43.4. The van der Waals surface area contributed by atoms with Crippen molar-refractivity contribution in [3.63, 3.8) is 0 Å². The molecule has 0 aliphatic carbocycles. The predicted octanol–water partition coefficient (Wildman–Crippen LogP) is 0.350. The number of hydrogen-bond acceptors (Lipinski definition) is 25. The average molecular weight is 1110 g/mol. The van der Waals surface area contributed by atoms with Crippen molar-refractivity contribution < 1.29 is 92.3 Å². The van der Waals surface area contributed by atoms with Crippen LogP contribution in [0.4, 0.5) is 4.79 Å². The first kappa shape index (κ1) is 62.1. The van der Waals surface area contributed by atoms with Crippen molar-refractivity contribution in [2.45, 2.75) is 187 Å². The van der Waals surface area contributed by atoms with Gasteiger partial charge < -0.3 is 98.1 Å². The van der Waals surface area contributed by atoms with E-state index >= 15 is 0 Å². The molecule has 0 spiro atoms. The number of amides is 1. The van der Waals surface area contributed by atoms with Crippen LogP contribution in [0.5, 0.6) is 0 Å². The SMILES string of the molecule is CCN(C(=O)OC(C)(C)C)C1=N[C@@H]2[C@H]3OC(C)(OC)C(C)(OC)O[C@@H]3[C@@H](CO)O[C@@H]2S1.CCN=C1N[C@@H]2[C@@H](O)[C@H](O)[C@@H](CO)O[C@@H]2S1.CCN=C1N[C@@H]2[C@H]3OC(C)(OC)C(C)(OC)O[C@@H]3[C@@H](CO)O[C@@H]2S1.CO. The number of methoxy groups -OCH3 is 4. The quantitative estimate of drug-likeness (QED) is 0.146. The van der Waals surface area contributed by atoms with Gasteiger partial charge in [0.25, 0.3) is 0 Å². The molecule has 8 N–H and O–H groups in total. The summed E-state index contributed by atoms with van der Waals surface area (Å²) in [4.78, 5) is 27.5. The summed E-state index contributed by atoms with van der Waals surface area (Å²) < 4.78 is 70.5. The van der Waals surface area contributed by atoms with Gasteiger partial charge in [0.1, 0.15) is 82.9 Å². The standard InChI is InChI=1S/C20H34N2O8S.C15H26N2O6S.C9H16N2O4S.CH4O/c1-9-22(17(24)30-18(2,3)4)16-21-12-14-13(11(10-23)27-15(12)31-16)28-19(5,25-7)20(6,26-8)29-14;1-6-16-13-17-9-11-10(8(7-18)21-12(9)24-13)22-14(2,19-4)15(3,20-5)23-11;1-2-10-9-11-5-7(14)6(13)4(3-12)15-8(5)16-9;1-2/h11-15,23H,9-10H2,1-8H3;8-12,18H,6-7H2,1-5H3,(H,16,17);4-8,12-14H,2-3H2,1H3,(H,10,11);2H,1H3/t11-,12-,13-,14-,15-,19?,20?;8-,9-,10-,11-,12-,14?,15?;4-,5-,6-,7-,8-;/m111./s1. The number of nitrogens with zero attached hydrogens (tertiary/aromatic N) is 4. The van der Waals surface area contributed by atoms with Crippen LogP contribution in [-0.4, -0.2) is 250 Å². The van der Waals surface area contributed by atoms with Crippen molar-refractivity contribution in [3.8, 4) is 0 Å². The lowest BCUT2D eigenvalue weighted by Gasteiger charge is -2.56. The molecule has 73 heavy (non-hydrogen) atoms. The summed E-state index contributed by atoms with van der Waals surface area (Å²) in [5.41, 5.74) is -1.59. The highest BCUT2D eigenvalue weighted by Crippen LogP contribution is 2.49. The van der Waals surface area contributed by atoms with Crippen LogP contribution in [0.2, 0.25) is 0 Å². The monoisotopic (exact) mass is 1100 g/mol. The molecule has 28 heteroatoms. The molecule has 25 nitrogen and oxygen atoms in total. The second kappa shape index (κ2) is 25.8. The minimum Gasteiger partial charge on any atom is -0.443 e. The molecule has 0 aromatic rings. The van der Waals surface area contributed by atoms with E-state index in [2.05, 4.69) is 20.6 Å². The average Bonchev–Trinajstić information content (AvgIpc) is 4.11. The molecule has 7 saturated heterocycles. The van der Waals surface area contributed by atoms with Crippen LogP contribution in [0, 0.1) is 0 Å². The Morgan fingerprint density at radius 2 is 1.05 bits per heavy atom. The van der Waals surface area contributed by atoms with Gasteiger partial charge in [0, 0.05) is 55.2 Å². The Balaban J connectivity index is 0.000000209. The highest BCUT2D eigenvalue weighted by atomic mass is 32.2. The lowest BCUT2D eigenvalue weighted by molar-refractivity contribution is -0.464. The Morgan fingerprint density at radius 3 is 1.49 bits per heavy atom. The van der Waals surface area contributed by atoms with E-state index in [0.717, 1.165) is 12.3 Å². The Hall–Kier alpha value is -1.75. The van der Waals surface area contributed by atoms with Gasteiger partial charge >= 0.3 is 6.09 Å². The van der Waals surface area contributed by atoms with Crippen molar-refractivity contribution >= 4 is 56.9 Å². The first-order chi connectivity index (χ1) is 34.5. The largest absolute Gasteiger partial charge is 0.443 e. The third-order valence-corrected chi connectivity index (χ3v) is 16.8. The van der Waals surface area contributed by atoms with E-state index in [1.54, 1.807) is 34.8 Å². The van der Waals surface area contributed by atoms with Gasteiger partial charge in [-0.3, -0.25) is 19.9 Å². The van der Waals surface area contributed by atoms with Gasteiger partial charge in [0.15, 0.2) is 15.5 Å². The van der Waals surface area contributed by atoms with Crippen molar-refractivity contribution in [2.24, 2.45) is 15.0 Å². The van der Waals surface area contributed by atoms with Crippen LogP contribution >= 0.6 is 35.3 Å². The number of ether oxygens (including phenoxy) is 12. The van der Waals surface area contributed by atoms with Crippen LogP contribution < -0.4 is 10.6 Å². The molecule has 8 aliphatic rings. The molecule has 8 aliphatic heterocycles. The summed E-state index contributed by atoms with van der Waals surface area (Å²) in [6.45, 7) is 19.1. The zero-order valence-corrected chi connectivity index (χ0v) is 46.9. The van der Waals surface area contributed by atoms with E-state index in [4.69, 9.17) is 72.0 Å². The molecule has 422 valence electrons. The summed E-state index contributed by atoms with van der Waals surface area (Å²) in [5.74, 6) is -4.67. The zero-order valence-electron chi connectivity index (χ0n) is 44.4. The number of fused-ring (bicyclic) bond motifs is 7. The minimum atomic E-state index is -1.23. The Morgan fingerprint density at radius 1 is 0.644 bits per heavy atom. The van der Waals surface area contributed by atoms with Crippen LogP contribution in [0.25, 0.3) is 0 Å². The molecule has 7 fully saturated rings. The molecule has 8 heterocycles. The van der Waals surface area contributed by atoms with Gasteiger partial charge in [-0.2, -0.15) is 0 Å². The molecule has 0 saturated carbocycles. The first-order valence-corrected chi connectivity index (χ1v) is 26.9. The van der Waals surface area contributed by atoms with E-state index in [9.17, 15) is 25.2 Å². The minimum absolute atomic E-state index is 0.149. The molecule has 8 rings (SSSR count). The fourth-order valence-corrected chi connectivity index (χ4v) is 12.6. The summed E-state index contributed by atoms with van der Waals surface area (Å²) in [5, 5.41) is 63.6. The third-order valence-electron chi connectivity index (χ3n) is 13.4. The van der Waals surface area contributed by atoms with E-state index < -0.39 is 95.2 Å². The van der Waals surface area contributed by atoms with E-state index in [1.807, 2.05) is 41.5 Å². The highest BCUT2D eigenvalue weighted by molar-refractivity contribution is 8.15.